The SMILES string of the molecule is CCCCCCCCOC(=O)CC(SOOO)C(=O)OCCCCCCCC. The second kappa shape index (κ2) is 20.9. The van der Waals surface area contributed by atoms with E-state index in [-0.39, 0.29) is 6.42 Å². The van der Waals surface area contributed by atoms with E-state index in [0.717, 1.165) is 38.5 Å². The van der Waals surface area contributed by atoms with Crippen molar-refractivity contribution in [2.45, 2.75) is 103 Å². The van der Waals surface area contributed by atoms with Crippen molar-refractivity contribution in [1.29, 1.82) is 0 Å². The first kappa shape index (κ1) is 27.2. The van der Waals surface area contributed by atoms with Crippen molar-refractivity contribution in [2.75, 3.05) is 13.2 Å². The van der Waals surface area contributed by atoms with Crippen molar-refractivity contribution in [1.82, 2.24) is 0 Å². The molecule has 0 amide bonds. The molecular weight excluding hydrogens is 384 g/mol. The van der Waals surface area contributed by atoms with E-state index < -0.39 is 17.2 Å². The predicted octanol–water partition coefficient (Wildman–Crippen LogP) is 5.62. The van der Waals surface area contributed by atoms with Crippen molar-refractivity contribution in [2.24, 2.45) is 0 Å². The van der Waals surface area contributed by atoms with E-state index in [1.54, 1.807) is 0 Å². The Morgan fingerprint density at radius 1 is 0.786 bits per heavy atom. The van der Waals surface area contributed by atoms with Crippen LogP contribution < -0.4 is 0 Å². The zero-order valence-electron chi connectivity index (χ0n) is 17.5. The Morgan fingerprint density at radius 2 is 1.29 bits per heavy atom. The van der Waals surface area contributed by atoms with Gasteiger partial charge in [0.25, 0.3) is 0 Å². The third kappa shape index (κ3) is 17.3. The topological polar surface area (TPSA) is 91.3 Å². The first-order valence-electron chi connectivity index (χ1n) is 10.6. The summed E-state index contributed by atoms with van der Waals surface area (Å²) in [5.41, 5.74) is 0. The van der Waals surface area contributed by atoms with Gasteiger partial charge in [-0.05, 0) is 12.8 Å². The molecule has 0 radical (unpaired) electrons. The molecule has 0 aliphatic rings. The maximum atomic E-state index is 12.1. The lowest BCUT2D eigenvalue weighted by Crippen LogP contribution is -2.25. The van der Waals surface area contributed by atoms with Crippen LogP contribution in [0.1, 0.15) is 97.3 Å². The van der Waals surface area contributed by atoms with Crippen molar-refractivity contribution in [3.8, 4) is 0 Å². The molecule has 0 aromatic heterocycles. The van der Waals surface area contributed by atoms with Crippen LogP contribution in [0.4, 0.5) is 0 Å². The highest BCUT2D eigenvalue weighted by Crippen LogP contribution is 2.19. The molecule has 0 aromatic carbocycles. The largest absolute Gasteiger partial charge is 0.466 e. The number of hydrogen-bond donors (Lipinski definition) is 1. The van der Waals surface area contributed by atoms with E-state index in [1.807, 2.05) is 0 Å². The molecule has 28 heavy (non-hydrogen) atoms. The Morgan fingerprint density at radius 3 is 1.82 bits per heavy atom. The minimum Gasteiger partial charge on any atom is -0.466 e. The molecule has 0 heterocycles. The van der Waals surface area contributed by atoms with Crippen LogP contribution >= 0.6 is 12.0 Å². The third-order valence-corrected chi connectivity index (χ3v) is 5.03. The van der Waals surface area contributed by atoms with Crippen LogP contribution in [0.3, 0.4) is 0 Å². The van der Waals surface area contributed by atoms with Gasteiger partial charge in [0.05, 0.1) is 31.7 Å². The van der Waals surface area contributed by atoms with Gasteiger partial charge in [-0.25, -0.2) is 5.26 Å². The summed E-state index contributed by atoms with van der Waals surface area (Å²) in [5, 5.41) is 10.9. The number of hydrogen-bond acceptors (Lipinski definition) is 8. The lowest BCUT2D eigenvalue weighted by molar-refractivity contribution is -0.432. The Bertz CT molecular complexity index is 380. The molecular formula is C20H38O7S. The van der Waals surface area contributed by atoms with Gasteiger partial charge in [-0.1, -0.05) is 83.1 Å². The number of carbonyl (C=O) groups excluding carboxylic acids is 2. The van der Waals surface area contributed by atoms with Crippen LogP contribution in [0.2, 0.25) is 0 Å². The second-order valence-corrected chi connectivity index (χ2v) is 7.75. The smallest absolute Gasteiger partial charge is 0.322 e. The maximum absolute atomic E-state index is 12.1. The molecule has 166 valence electrons. The lowest BCUT2D eigenvalue weighted by Gasteiger charge is -2.13. The zero-order chi connectivity index (χ0) is 20.9. The van der Waals surface area contributed by atoms with Crippen LogP contribution in [-0.2, 0) is 28.4 Å². The summed E-state index contributed by atoms with van der Waals surface area (Å²) in [6.07, 6.45) is 12.9. The van der Waals surface area contributed by atoms with Gasteiger partial charge in [-0.2, -0.15) is 0 Å². The molecule has 0 saturated carbocycles. The van der Waals surface area contributed by atoms with Crippen molar-refractivity contribution in [3.63, 3.8) is 0 Å². The second-order valence-electron chi connectivity index (χ2n) is 6.86. The Hall–Kier alpha value is -0.830. The van der Waals surface area contributed by atoms with Crippen molar-refractivity contribution < 1.29 is 33.7 Å². The van der Waals surface area contributed by atoms with E-state index in [0.29, 0.717) is 25.3 Å². The fraction of sp³-hybridized carbons (Fsp3) is 0.900. The first-order valence-corrected chi connectivity index (χ1v) is 11.4. The van der Waals surface area contributed by atoms with E-state index in [1.165, 1.54) is 38.5 Å². The van der Waals surface area contributed by atoms with Gasteiger partial charge in [-0.3, -0.25) is 9.59 Å². The molecule has 1 unspecified atom stereocenters. The molecule has 0 aliphatic carbocycles. The number of rotatable bonds is 20. The van der Waals surface area contributed by atoms with E-state index in [4.69, 9.17) is 14.7 Å². The maximum Gasteiger partial charge on any atom is 0.322 e. The summed E-state index contributed by atoms with van der Waals surface area (Å²) >= 11 is 0.538. The van der Waals surface area contributed by atoms with Gasteiger partial charge >= 0.3 is 11.9 Å². The number of carbonyl (C=O) groups is 2. The first-order chi connectivity index (χ1) is 13.7. The fourth-order valence-electron chi connectivity index (χ4n) is 2.65. The van der Waals surface area contributed by atoms with Gasteiger partial charge in [0.2, 0.25) is 0 Å². The number of ether oxygens (including phenoxy) is 2. The molecule has 7 nitrogen and oxygen atoms in total. The summed E-state index contributed by atoms with van der Waals surface area (Å²) in [5.74, 6) is -1.07. The summed E-state index contributed by atoms with van der Waals surface area (Å²) < 4.78 is 14.7. The highest BCUT2D eigenvalue weighted by Gasteiger charge is 2.26. The van der Waals surface area contributed by atoms with Crippen molar-refractivity contribution in [3.05, 3.63) is 0 Å². The van der Waals surface area contributed by atoms with Gasteiger partial charge < -0.3 is 9.47 Å². The molecule has 1 N–H and O–H groups in total. The normalized spacial score (nSPS) is 12.0. The highest BCUT2D eigenvalue weighted by atomic mass is 32.2. The monoisotopic (exact) mass is 422 g/mol. The molecule has 1 atom stereocenters. The quantitative estimate of drug-likeness (QED) is 0.0888. The molecule has 0 fully saturated rings. The van der Waals surface area contributed by atoms with E-state index in [9.17, 15) is 9.59 Å². The zero-order valence-corrected chi connectivity index (χ0v) is 18.3. The minimum absolute atomic E-state index is 0.195. The van der Waals surface area contributed by atoms with Crippen LogP contribution in [-0.4, -0.2) is 35.7 Å². The number of esters is 2. The third-order valence-electron chi connectivity index (χ3n) is 4.30. The fourth-order valence-corrected chi connectivity index (χ4v) is 3.13. The molecule has 0 saturated heterocycles. The molecule has 0 spiro atoms. The minimum atomic E-state index is -0.940. The van der Waals surface area contributed by atoms with Gasteiger partial charge in [0, 0.05) is 0 Å². The Kier molecular flexibility index (Phi) is 20.3. The molecule has 8 heteroatoms. The van der Waals surface area contributed by atoms with Crippen molar-refractivity contribution >= 4 is 24.0 Å². The summed E-state index contributed by atoms with van der Waals surface area (Å²) in [7, 11) is 0. The average Bonchev–Trinajstić information content (AvgIpc) is 2.69. The van der Waals surface area contributed by atoms with Crippen LogP contribution in [0.15, 0.2) is 0 Å². The molecule has 0 aromatic rings. The summed E-state index contributed by atoms with van der Waals surface area (Å²) in [4.78, 5) is 24.1. The highest BCUT2D eigenvalue weighted by molar-refractivity contribution is 7.95. The average molecular weight is 423 g/mol. The van der Waals surface area contributed by atoms with E-state index >= 15 is 0 Å². The van der Waals surface area contributed by atoms with Crippen LogP contribution in [0.5, 0.6) is 0 Å². The molecule has 0 bridgehead atoms. The van der Waals surface area contributed by atoms with Crippen LogP contribution in [0, 0.1) is 0 Å². The molecule has 0 aliphatic heterocycles. The van der Waals surface area contributed by atoms with Gasteiger partial charge in [0.1, 0.15) is 5.25 Å². The lowest BCUT2D eigenvalue weighted by atomic mass is 10.1. The summed E-state index contributed by atoms with van der Waals surface area (Å²) in [6.45, 7) is 4.97. The predicted molar refractivity (Wildman–Crippen MR) is 109 cm³/mol. The van der Waals surface area contributed by atoms with E-state index in [2.05, 4.69) is 23.2 Å². The Balaban J connectivity index is 3.99. The number of unbranched alkanes of at least 4 members (excludes halogenated alkanes) is 10. The van der Waals surface area contributed by atoms with Gasteiger partial charge in [0.15, 0.2) is 0 Å². The van der Waals surface area contributed by atoms with Crippen LogP contribution in [0.25, 0.3) is 0 Å². The summed E-state index contributed by atoms with van der Waals surface area (Å²) in [6, 6.07) is 0. The molecule has 0 rings (SSSR count). The standard InChI is InChI=1S/C20H38O7S/c1-3-5-7-9-11-13-15-24-19(21)17-18(28-27-26-23)20(22)25-16-14-12-10-8-6-4-2/h18,23H,3-17H2,1-2H3. The van der Waals surface area contributed by atoms with Gasteiger partial charge in [-0.15, -0.1) is 4.33 Å². The Labute approximate surface area is 173 Å².